The minimum Gasteiger partial charge on any atom is -0.326 e. The first kappa shape index (κ1) is 22.3. The number of hydrogen-bond acceptors (Lipinski definition) is 5. The lowest BCUT2D eigenvalue weighted by Crippen LogP contribution is -2.38. The van der Waals surface area contributed by atoms with Gasteiger partial charge in [0.2, 0.25) is 17.7 Å². The Morgan fingerprint density at radius 2 is 1.82 bits per heavy atom. The van der Waals surface area contributed by atoms with Crippen LogP contribution in [0.3, 0.4) is 0 Å². The number of amides is 3. The average Bonchev–Trinajstić information content (AvgIpc) is 3.47. The van der Waals surface area contributed by atoms with E-state index < -0.39 is 16.9 Å². The number of rotatable bonds is 6. The van der Waals surface area contributed by atoms with Crippen LogP contribution in [0.25, 0.3) is 0 Å². The zero-order valence-corrected chi connectivity index (χ0v) is 19.1. The van der Waals surface area contributed by atoms with E-state index in [4.69, 9.17) is 11.6 Å². The molecule has 1 saturated heterocycles. The minimum absolute atomic E-state index is 0.0630. The number of nitro groups is 1. The fourth-order valence-corrected chi connectivity index (χ4v) is 5.78. The van der Waals surface area contributed by atoms with Gasteiger partial charge in [-0.15, -0.1) is 0 Å². The van der Waals surface area contributed by atoms with Crippen LogP contribution in [0.5, 0.6) is 0 Å². The molecule has 8 nitrogen and oxygen atoms in total. The van der Waals surface area contributed by atoms with Gasteiger partial charge in [0.1, 0.15) is 0 Å². The van der Waals surface area contributed by atoms with Crippen LogP contribution in [0.2, 0.25) is 5.02 Å². The number of benzene rings is 2. The van der Waals surface area contributed by atoms with Crippen molar-refractivity contribution in [2.24, 2.45) is 23.7 Å². The standard InChI is InChI=1S/C25H22ClN3O5/c1-13-9-18(29(33)34)7-8-19(13)27-21(30)12-20(14-3-2-4-17(26)11-14)28-24(31)22-15-5-6-16(10-15)23(22)25(28)32/h2-9,11,15-16,20,22-23H,10,12H2,1H3,(H,27,30). The number of halogens is 1. The highest BCUT2D eigenvalue weighted by Gasteiger charge is 2.60. The third-order valence-electron chi connectivity index (χ3n) is 7.12. The molecule has 9 heteroatoms. The van der Waals surface area contributed by atoms with Gasteiger partial charge < -0.3 is 5.32 Å². The Kier molecular flexibility index (Phi) is 5.48. The van der Waals surface area contributed by atoms with Gasteiger partial charge >= 0.3 is 0 Å². The van der Waals surface area contributed by atoms with E-state index in [0.29, 0.717) is 21.8 Å². The first-order valence-electron chi connectivity index (χ1n) is 11.1. The molecule has 3 aliphatic rings. The molecule has 34 heavy (non-hydrogen) atoms. The molecule has 0 spiro atoms. The number of nitro benzene ring substituents is 1. The van der Waals surface area contributed by atoms with Crippen LogP contribution in [-0.2, 0) is 14.4 Å². The highest BCUT2D eigenvalue weighted by Crippen LogP contribution is 2.54. The van der Waals surface area contributed by atoms with E-state index >= 15 is 0 Å². The van der Waals surface area contributed by atoms with Crippen molar-refractivity contribution in [1.82, 2.24) is 4.90 Å². The van der Waals surface area contributed by atoms with Crippen LogP contribution in [0.1, 0.15) is 30.0 Å². The lowest BCUT2D eigenvalue weighted by molar-refractivity contribution is -0.384. The van der Waals surface area contributed by atoms with Gasteiger partial charge in [-0.3, -0.25) is 29.4 Å². The molecular formula is C25H22ClN3O5. The number of nitrogens with zero attached hydrogens (tertiary/aromatic N) is 2. The van der Waals surface area contributed by atoms with Gasteiger partial charge in [0.15, 0.2) is 0 Å². The summed E-state index contributed by atoms with van der Waals surface area (Å²) in [5, 5.41) is 14.2. The Morgan fingerprint density at radius 3 is 2.41 bits per heavy atom. The molecule has 1 aliphatic heterocycles. The van der Waals surface area contributed by atoms with Crippen molar-refractivity contribution in [3.63, 3.8) is 0 Å². The molecule has 1 heterocycles. The summed E-state index contributed by atoms with van der Waals surface area (Å²) in [4.78, 5) is 51.7. The van der Waals surface area contributed by atoms with Crippen LogP contribution in [0.4, 0.5) is 11.4 Å². The summed E-state index contributed by atoms with van der Waals surface area (Å²) < 4.78 is 0. The van der Waals surface area contributed by atoms with Crippen molar-refractivity contribution < 1.29 is 19.3 Å². The van der Waals surface area contributed by atoms with Gasteiger partial charge in [-0.1, -0.05) is 35.9 Å². The van der Waals surface area contributed by atoms with Crippen molar-refractivity contribution in [3.8, 4) is 0 Å². The topological polar surface area (TPSA) is 110 Å². The van der Waals surface area contributed by atoms with E-state index in [1.165, 1.54) is 23.1 Å². The molecule has 0 aromatic heterocycles. The van der Waals surface area contributed by atoms with E-state index in [1.54, 1.807) is 31.2 Å². The van der Waals surface area contributed by atoms with Crippen molar-refractivity contribution in [1.29, 1.82) is 0 Å². The van der Waals surface area contributed by atoms with Gasteiger partial charge in [-0.05, 0) is 54.5 Å². The number of non-ortho nitro benzene ring substituents is 1. The van der Waals surface area contributed by atoms with E-state index in [0.717, 1.165) is 6.42 Å². The molecule has 2 aliphatic carbocycles. The van der Waals surface area contributed by atoms with Gasteiger partial charge in [0, 0.05) is 22.8 Å². The van der Waals surface area contributed by atoms with E-state index in [1.807, 2.05) is 12.2 Å². The largest absolute Gasteiger partial charge is 0.326 e. The van der Waals surface area contributed by atoms with E-state index in [-0.39, 0.29) is 47.6 Å². The number of hydrogen-bond donors (Lipinski definition) is 1. The molecule has 174 valence electrons. The normalized spacial score (nSPS) is 25.5. The maximum absolute atomic E-state index is 13.4. The van der Waals surface area contributed by atoms with Crippen LogP contribution in [0.15, 0.2) is 54.6 Å². The molecule has 2 aromatic carbocycles. The predicted octanol–water partition coefficient (Wildman–Crippen LogP) is 4.43. The quantitative estimate of drug-likeness (QED) is 0.285. The Hall–Kier alpha value is -3.52. The fraction of sp³-hybridized carbons (Fsp3) is 0.320. The number of allylic oxidation sites excluding steroid dienone is 2. The summed E-state index contributed by atoms with van der Waals surface area (Å²) in [5.41, 5.74) is 1.49. The van der Waals surface area contributed by atoms with Crippen molar-refractivity contribution >= 4 is 40.7 Å². The molecule has 3 amide bonds. The summed E-state index contributed by atoms with van der Waals surface area (Å²) in [6, 6.07) is 10.2. The zero-order chi connectivity index (χ0) is 24.1. The molecule has 5 rings (SSSR count). The second-order valence-electron chi connectivity index (χ2n) is 9.13. The van der Waals surface area contributed by atoms with Crippen molar-refractivity contribution in [2.45, 2.75) is 25.8 Å². The number of anilines is 1. The van der Waals surface area contributed by atoms with E-state index in [9.17, 15) is 24.5 Å². The Morgan fingerprint density at radius 1 is 1.15 bits per heavy atom. The number of carbonyl (C=O) groups is 3. The molecule has 5 unspecified atom stereocenters. The molecule has 0 radical (unpaired) electrons. The number of aryl methyl sites for hydroxylation is 1. The zero-order valence-electron chi connectivity index (χ0n) is 18.3. The lowest BCUT2D eigenvalue weighted by Gasteiger charge is -2.28. The fourth-order valence-electron chi connectivity index (χ4n) is 5.58. The maximum Gasteiger partial charge on any atom is 0.269 e. The third kappa shape index (κ3) is 3.68. The monoisotopic (exact) mass is 479 g/mol. The predicted molar refractivity (Wildman–Crippen MR) is 125 cm³/mol. The SMILES string of the molecule is Cc1cc([N+](=O)[O-])ccc1NC(=O)CC(c1cccc(Cl)c1)N1C(=O)C2C3C=CC(C3)C2C1=O. The maximum atomic E-state index is 13.4. The van der Waals surface area contributed by atoms with E-state index in [2.05, 4.69) is 5.32 Å². The van der Waals surface area contributed by atoms with Crippen LogP contribution in [0, 0.1) is 40.7 Å². The summed E-state index contributed by atoms with van der Waals surface area (Å²) in [7, 11) is 0. The molecule has 2 aromatic rings. The highest BCUT2D eigenvalue weighted by atomic mass is 35.5. The molecule has 1 saturated carbocycles. The Bertz CT molecular complexity index is 1230. The van der Waals surface area contributed by atoms with Gasteiger partial charge in [0.05, 0.1) is 29.2 Å². The van der Waals surface area contributed by atoms with Crippen LogP contribution < -0.4 is 5.32 Å². The number of likely N-dealkylation sites (tertiary alicyclic amines) is 1. The second kappa shape index (κ2) is 8.36. The smallest absolute Gasteiger partial charge is 0.269 e. The summed E-state index contributed by atoms with van der Waals surface area (Å²) in [6.07, 6.45) is 4.72. The molecule has 5 atom stereocenters. The molecule has 1 N–H and O–H groups in total. The molecule has 2 bridgehead atoms. The average molecular weight is 480 g/mol. The summed E-state index contributed by atoms with van der Waals surface area (Å²) in [6.45, 7) is 1.66. The number of nitrogens with one attached hydrogen (secondary N) is 1. The number of carbonyl (C=O) groups excluding carboxylic acids is 3. The van der Waals surface area contributed by atoms with Gasteiger partial charge in [-0.25, -0.2) is 0 Å². The second-order valence-corrected chi connectivity index (χ2v) is 9.56. The first-order valence-corrected chi connectivity index (χ1v) is 11.5. The summed E-state index contributed by atoms with van der Waals surface area (Å²) >= 11 is 6.19. The minimum atomic E-state index is -0.804. The third-order valence-corrected chi connectivity index (χ3v) is 7.36. The number of imide groups is 1. The summed E-state index contributed by atoms with van der Waals surface area (Å²) in [5.74, 6) is -1.51. The van der Waals surface area contributed by atoms with Crippen molar-refractivity contribution in [2.75, 3.05) is 5.32 Å². The highest BCUT2D eigenvalue weighted by molar-refractivity contribution is 6.30. The van der Waals surface area contributed by atoms with Crippen LogP contribution in [-0.4, -0.2) is 27.5 Å². The number of fused-ring (bicyclic) bond motifs is 5. The first-order chi connectivity index (χ1) is 16.2. The van der Waals surface area contributed by atoms with Crippen molar-refractivity contribution in [3.05, 3.63) is 80.9 Å². The van der Waals surface area contributed by atoms with Gasteiger partial charge in [-0.2, -0.15) is 0 Å². The Balaban J connectivity index is 1.43. The molecular weight excluding hydrogens is 458 g/mol. The Labute approximate surface area is 200 Å². The van der Waals surface area contributed by atoms with Crippen LogP contribution >= 0.6 is 11.6 Å². The van der Waals surface area contributed by atoms with Gasteiger partial charge in [0.25, 0.3) is 5.69 Å². The molecule has 2 fully saturated rings. The lowest BCUT2D eigenvalue weighted by atomic mass is 9.85.